The van der Waals surface area contributed by atoms with Gasteiger partial charge in [0.05, 0.1) is 25.4 Å². The Kier molecular flexibility index (Phi) is 4.04. The minimum Gasteiger partial charge on any atom is -0.373 e. The molecule has 0 radical (unpaired) electrons. The first kappa shape index (κ1) is 15.0. The van der Waals surface area contributed by atoms with Crippen LogP contribution in [-0.2, 0) is 26.5 Å². The van der Waals surface area contributed by atoms with Crippen molar-refractivity contribution in [1.29, 1.82) is 0 Å². The average molecular weight is 315 g/mol. The predicted molar refractivity (Wildman–Crippen MR) is 75.4 cm³/mol. The van der Waals surface area contributed by atoms with Crippen LogP contribution in [0.25, 0.3) is 0 Å². The molecule has 1 aromatic rings. The van der Waals surface area contributed by atoms with Crippen molar-refractivity contribution in [3.8, 4) is 0 Å². The minimum absolute atomic E-state index is 0.00864. The SMILES string of the molecule is Cc1nc(S(=O)(=O)N[C@@H]2CC[C@@H]3OCCO[C@@H]3C2)cn1C. The molecule has 1 N–H and O–H groups in total. The van der Waals surface area contributed by atoms with Crippen LogP contribution in [-0.4, -0.2) is 49.4 Å². The van der Waals surface area contributed by atoms with Crippen molar-refractivity contribution < 1.29 is 17.9 Å². The zero-order chi connectivity index (χ0) is 15.0. The van der Waals surface area contributed by atoms with Crippen LogP contribution in [0.2, 0.25) is 0 Å². The van der Waals surface area contributed by atoms with Crippen LogP contribution in [0.4, 0.5) is 0 Å². The second-order valence-corrected chi connectivity index (χ2v) is 7.35. The third-order valence-electron chi connectivity index (χ3n) is 4.16. The van der Waals surface area contributed by atoms with Gasteiger partial charge in [0.25, 0.3) is 10.0 Å². The third kappa shape index (κ3) is 3.13. The molecule has 0 bridgehead atoms. The Balaban J connectivity index is 1.68. The van der Waals surface area contributed by atoms with Gasteiger partial charge in [0.2, 0.25) is 0 Å². The molecule has 3 rings (SSSR count). The van der Waals surface area contributed by atoms with Gasteiger partial charge in [0, 0.05) is 19.3 Å². The first-order valence-electron chi connectivity index (χ1n) is 7.21. The lowest BCUT2D eigenvalue weighted by atomic mass is 9.90. The quantitative estimate of drug-likeness (QED) is 0.870. The van der Waals surface area contributed by atoms with Crippen molar-refractivity contribution in [3.05, 3.63) is 12.0 Å². The molecule has 0 spiro atoms. The topological polar surface area (TPSA) is 82.5 Å². The van der Waals surface area contributed by atoms with E-state index in [-0.39, 0.29) is 23.3 Å². The normalized spacial score (nSPS) is 30.1. The van der Waals surface area contributed by atoms with E-state index < -0.39 is 10.0 Å². The van der Waals surface area contributed by atoms with Crippen molar-refractivity contribution in [2.45, 2.75) is 49.5 Å². The fourth-order valence-corrected chi connectivity index (χ4v) is 4.23. The van der Waals surface area contributed by atoms with Crippen molar-refractivity contribution in [2.75, 3.05) is 13.2 Å². The van der Waals surface area contributed by atoms with Crippen LogP contribution in [0.3, 0.4) is 0 Å². The number of hydrogen-bond donors (Lipinski definition) is 1. The number of rotatable bonds is 3. The summed E-state index contributed by atoms with van der Waals surface area (Å²) in [5, 5.41) is 0.0745. The van der Waals surface area contributed by atoms with E-state index in [9.17, 15) is 8.42 Å². The molecule has 7 nitrogen and oxygen atoms in total. The van der Waals surface area contributed by atoms with Crippen LogP contribution < -0.4 is 4.72 Å². The number of imidazole rings is 1. The molecular weight excluding hydrogens is 294 g/mol. The van der Waals surface area contributed by atoms with Crippen LogP contribution in [0.5, 0.6) is 0 Å². The summed E-state index contributed by atoms with van der Waals surface area (Å²) in [6.07, 6.45) is 3.86. The van der Waals surface area contributed by atoms with E-state index >= 15 is 0 Å². The zero-order valence-corrected chi connectivity index (χ0v) is 13.1. The number of ether oxygens (including phenoxy) is 2. The molecule has 2 aliphatic rings. The number of aromatic nitrogens is 2. The molecule has 0 aromatic carbocycles. The van der Waals surface area contributed by atoms with Crippen LogP contribution >= 0.6 is 0 Å². The largest absolute Gasteiger partial charge is 0.373 e. The van der Waals surface area contributed by atoms with Crippen molar-refractivity contribution in [3.63, 3.8) is 0 Å². The number of hydrogen-bond acceptors (Lipinski definition) is 5. The highest BCUT2D eigenvalue weighted by molar-refractivity contribution is 7.89. The fourth-order valence-electron chi connectivity index (χ4n) is 2.91. The Bertz CT molecular complexity index is 593. The molecule has 0 amide bonds. The summed E-state index contributed by atoms with van der Waals surface area (Å²) in [6.45, 7) is 2.99. The summed E-state index contributed by atoms with van der Waals surface area (Å²) >= 11 is 0. The van der Waals surface area contributed by atoms with Gasteiger partial charge in [0.15, 0.2) is 5.03 Å². The van der Waals surface area contributed by atoms with E-state index in [2.05, 4.69) is 9.71 Å². The molecule has 2 fully saturated rings. The first-order valence-corrected chi connectivity index (χ1v) is 8.69. The molecule has 1 aromatic heterocycles. The van der Waals surface area contributed by atoms with E-state index in [1.54, 1.807) is 18.5 Å². The summed E-state index contributed by atoms with van der Waals surface area (Å²) in [5.74, 6) is 0.670. The molecule has 1 aliphatic heterocycles. The lowest BCUT2D eigenvalue weighted by molar-refractivity contribution is -0.156. The monoisotopic (exact) mass is 315 g/mol. The standard InChI is InChI=1S/C13H21N3O4S/c1-9-14-13(8-16(9)2)21(17,18)15-10-3-4-11-12(7-10)20-6-5-19-11/h8,10-12,15H,3-7H2,1-2H3/t10-,11+,12-/m1/s1. The van der Waals surface area contributed by atoms with E-state index in [1.165, 1.54) is 6.20 Å². The number of sulfonamides is 1. The first-order chi connectivity index (χ1) is 9.95. The van der Waals surface area contributed by atoms with Gasteiger partial charge in [-0.15, -0.1) is 0 Å². The highest BCUT2D eigenvalue weighted by Gasteiger charge is 2.36. The molecule has 8 heteroatoms. The van der Waals surface area contributed by atoms with Crippen LogP contribution in [0.1, 0.15) is 25.1 Å². The molecular formula is C13H21N3O4S. The molecule has 0 unspecified atom stereocenters. The smallest absolute Gasteiger partial charge is 0.259 e. The van der Waals surface area contributed by atoms with Crippen molar-refractivity contribution in [1.82, 2.24) is 14.3 Å². The van der Waals surface area contributed by atoms with E-state index in [1.807, 2.05) is 0 Å². The van der Waals surface area contributed by atoms with E-state index in [0.29, 0.717) is 25.5 Å². The summed E-state index contributed by atoms with van der Waals surface area (Å²) in [5.41, 5.74) is 0. The lowest BCUT2D eigenvalue weighted by Gasteiger charge is -2.38. The van der Waals surface area contributed by atoms with Crippen molar-refractivity contribution in [2.24, 2.45) is 7.05 Å². The van der Waals surface area contributed by atoms with Crippen LogP contribution in [0, 0.1) is 6.92 Å². The number of nitrogens with zero attached hydrogens (tertiary/aromatic N) is 2. The van der Waals surface area contributed by atoms with Gasteiger partial charge in [-0.05, 0) is 26.2 Å². The van der Waals surface area contributed by atoms with Gasteiger partial charge in [-0.3, -0.25) is 0 Å². The average Bonchev–Trinajstić information content (AvgIpc) is 2.79. The fraction of sp³-hybridized carbons (Fsp3) is 0.769. The Morgan fingerprint density at radius 1 is 1.29 bits per heavy atom. The highest BCUT2D eigenvalue weighted by atomic mass is 32.2. The maximum atomic E-state index is 12.4. The molecule has 1 saturated carbocycles. The van der Waals surface area contributed by atoms with Crippen LogP contribution in [0.15, 0.2) is 11.2 Å². The highest BCUT2D eigenvalue weighted by Crippen LogP contribution is 2.27. The maximum absolute atomic E-state index is 12.4. The molecule has 2 heterocycles. The number of aryl methyl sites for hydroxylation is 2. The number of fused-ring (bicyclic) bond motifs is 1. The molecule has 1 aliphatic carbocycles. The van der Waals surface area contributed by atoms with Gasteiger partial charge >= 0.3 is 0 Å². The van der Waals surface area contributed by atoms with E-state index in [0.717, 1.165) is 12.8 Å². The van der Waals surface area contributed by atoms with Gasteiger partial charge in [0.1, 0.15) is 5.82 Å². The van der Waals surface area contributed by atoms with Gasteiger partial charge in [-0.1, -0.05) is 0 Å². The number of nitrogens with one attached hydrogen (secondary N) is 1. The minimum atomic E-state index is -3.58. The summed E-state index contributed by atoms with van der Waals surface area (Å²) in [6, 6.07) is -0.125. The molecule has 3 atom stereocenters. The van der Waals surface area contributed by atoms with Gasteiger partial charge in [-0.25, -0.2) is 18.1 Å². The Morgan fingerprint density at radius 3 is 2.67 bits per heavy atom. The summed E-state index contributed by atoms with van der Waals surface area (Å²) < 4.78 is 40.5. The Hall–Kier alpha value is -0.960. The molecule has 1 saturated heterocycles. The maximum Gasteiger partial charge on any atom is 0.259 e. The lowest BCUT2D eigenvalue weighted by Crippen LogP contribution is -2.49. The van der Waals surface area contributed by atoms with Crippen molar-refractivity contribution >= 4 is 10.0 Å². The second kappa shape index (κ2) is 5.68. The Labute approximate surface area is 124 Å². The molecule has 21 heavy (non-hydrogen) atoms. The predicted octanol–water partition coefficient (Wildman–Crippen LogP) is 0.343. The second-order valence-electron chi connectivity index (χ2n) is 5.69. The third-order valence-corrected chi connectivity index (χ3v) is 5.55. The van der Waals surface area contributed by atoms with Gasteiger partial charge in [-0.2, -0.15) is 0 Å². The zero-order valence-electron chi connectivity index (χ0n) is 12.3. The van der Waals surface area contributed by atoms with E-state index in [4.69, 9.17) is 9.47 Å². The Morgan fingerprint density at radius 2 is 2.00 bits per heavy atom. The summed E-state index contributed by atoms with van der Waals surface area (Å²) in [7, 11) is -1.80. The molecule has 118 valence electrons. The summed E-state index contributed by atoms with van der Waals surface area (Å²) in [4.78, 5) is 4.09. The van der Waals surface area contributed by atoms with Gasteiger partial charge < -0.3 is 14.0 Å².